The van der Waals surface area contributed by atoms with Crippen molar-refractivity contribution in [2.75, 3.05) is 19.6 Å². The molecule has 1 heterocycles. The minimum atomic E-state index is -0.799. The highest BCUT2D eigenvalue weighted by Crippen LogP contribution is 2.40. The summed E-state index contributed by atoms with van der Waals surface area (Å²) in [6.07, 6.45) is 1.65. The van der Waals surface area contributed by atoms with E-state index in [2.05, 4.69) is 4.90 Å². The van der Waals surface area contributed by atoms with Crippen LogP contribution in [0.2, 0.25) is 0 Å². The van der Waals surface area contributed by atoms with Crippen LogP contribution in [-0.4, -0.2) is 45.0 Å². The van der Waals surface area contributed by atoms with Gasteiger partial charge >= 0.3 is 0 Å². The van der Waals surface area contributed by atoms with E-state index in [1.807, 2.05) is 0 Å². The summed E-state index contributed by atoms with van der Waals surface area (Å²) in [5.74, 6) is -1.64. The lowest BCUT2D eigenvalue weighted by Gasteiger charge is -2.34. The van der Waals surface area contributed by atoms with Crippen LogP contribution in [0.15, 0.2) is 36.4 Å². The normalized spacial score (nSPS) is 17.3. The standard InChI is InChI=1S/C20H24FNO4/c21-16-3-1-13(2-4-16)5-8-22-9-6-14(7-10-22)19(25)15-11-17(23)20(26)18(24)12-15/h1-4,11-12,14,19,23-26H,5-10H2. The topological polar surface area (TPSA) is 84.2 Å². The first-order valence-corrected chi connectivity index (χ1v) is 8.83. The number of piperidine rings is 1. The van der Waals surface area contributed by atoms with Gasteiger partial charge in [0.1, 0.15) is 5.82 Å². The fraction of sp³-hybridized carbons (Fsp3) is 0.400. The van der Waals surface area contributed by atoms with Crippen molar-refractivity contribution in [1.29, 1.82) is 0 Å². The summed E-state index contributed by atoms with van der Waals surface area (Å²) < 4.78 is 12.9. The van der Waals surface area contributed by atoms with Crippen molar-refractivity contribution < 1.29 is 24.8 Å². The number of benzene rings is 2. The van der Waals surface area contributed by atoms with Crippen molar-refractivity contribution in [3.05, 3.63) is 53.3 Å². The Hall–Kier alpha value is -2.31. The second-order valence-electron chi connectivity index (χ2n) is 6.91. The molecular weight excluding hydrogens is 337 g/mol. The van der Waals surface area contributed by atoms with Crippen LogP contribution in [0.25, 0.3) is 0 Å². The second-order valence-corrected chi connectivity index (χ2v) is 6.91. The van der Waals surface area contributed by atoms with Crippen molar-refractivity contribution >= 4 is 0 Å². The number of hydrogen-bond donors (Lipinski definition) is 4. The molecule has 1 aliphatic rings. The molecular formula is C20H24FNO4. The number of phenolic OH excluding ortho intramolecular Hbond substituents is 3. The third kappa shape index (κ3) is 4.26. The summed E-state index contributed by atoms with van der Waals surface area (Å²) >= 11 is 0. The van der Waals surface area contributed by atoms with E-state index >= 15 is 0 Å². The molecule has 5 nitrogen and oxygen atoms in total. The monoisotopic (exact) mass is 361 g/mol. The van der Waals surface area contributed by atoms with E-state index in [9.17, 15) is 24.8 Å². The first-order chi connectivity index (χ1) is 12.4. The number of aliphatic hydroxyl groups excluding tert-OH is 1. The number of rotatable bonds is 5. The zero-order valence-corrected chi connectivity index (χ0v) is 14.5. The van der Waals surface area contributed by atoms with E-state index in [1.165, 1.54) is 24.3 Å². The van der Waals surface area contributed by atoms with Crippen LogP contribution in [0.3, 0.4) is 0 Å². The minimum Gasteiger partial charge on any atom is -0.504 e. The van der Waals surface area contributed by atoms with E-state index in [1.54, 1.807) is 12.1 Å². The number of hydrogen-bond acceptors (Lipinski definition) is 5. The quantitative estimate of drug-likeness (QED) is 0.616. The Morgan fingerprint density at radius 2 is 1.58 bits per heavy atom. The van der Waals surface area contributed by atoms with Crippen molar-refractivity contribution in [2.24, 2.45) is 5.92 Å². The van der Waals surface area contributed by atoms with Crippen molar-refractivity contribution in [1.82, 2.24) is 4.90 Å². The number of likely N-dealkylation sites (tertiary alicyclic amines) is 1. The Morgan fingerprint density at radius 3 is 2.15 bits per heavy atom. The number of nitrogens with zero attached hydrogens (tertiary/aromatic N) is 1. The van der Waals surface area contributed by atoms with Crippen LogP contribution in [0.4, 0.5) is 4.39 Å². The smallest absolute Gasteiger partial charge is 0.200 e. The van der Waals surface area contributed by atoms with Gasteiger partial charge in [0.05, 0.1) is 6.10 Å². The van der Waals surface area contributed by atoms with E-state index in [-0.39, 0.29) is 11.7 Å². The van der Waals surface area contributed by atoms with Gasteiger partial charge in [-0.05, 0) is 73.7 Å². The van der Waals surface area contributed by atoms with Crippen molar-refractivity contribution in [2.45, 2.75) is 25.4 Å². The molecule has 0 saturated carbocycles. The Kier molecular flexibility index (Phi) is 5.64. The van der Waals surface area contributed by atoms with Crippen LogP contribution >= 0.6 is 0 Å². The van der Waals surface area contributed by atoms with Crippen LogP contribution < -0.4 is 0 Å². The third-order valence-electron chi connectivity index (χ3n) is 5.14. The van der Waals surface area contributed by atoms with E-state index in [0.29, 0.717) is 5.56 Å². The lowest BCUT2D eigenvalue weighted by atomic mass is 9.87. The van der Waals surface area contributed by atoms with Crippen molar-refractivity contribution in [3.8, 4) is 17.2 Å². The summed E-state index contributed by atoms with van der Waals surface area (Å²) in [6.45, 7) is 2.58. The Morgan fingerprint density at radius 1 is 1.00 bits per heavy atom. The average Bonchev–Trinajstić information content (AvgIpc) is 2.65. The molecule has 2 aromatic carbocycles. The zero-order chi connectivity index (χ0) is 18.7. The highest BCUT2D eigenvalue weighted by Gasteiger charge is 2.27. The summed E-state index contributed by atoms with van der Waals surface area (Å²) in [7, 11) is 0. The number of halogens is 1. The lowest BCUT2D eigenvalue weighted by molar-refractivity contribution is 0.0589. The SMILES string of the molecule is Oc1cc(C(O)C2CCN(CCc3ccc(F)cc3)CC2)cc(O)c1O. The van der Waals surface area contributed by atoms with Gasteiger partial charge in [-0.15, -0.1) is 0 Å². The molecule has 1 saturated heterocycles. The largest absolute Gasteiger partial charge is 0.504 e. The molecule has 4 N–H and O–H groups in total. The molecule has 26 heavy (non-hydrogen) atoms. The highest BCUT2D eigenvalue weighted by molar-refractivity contribution is 5.51. The summed E-state index contributed by atoms with van der Waals surface area (Å²) in [6, 6.07) is 9.13. The number of aromatic hydroxyl groups is 3. The molecule has 1 aliphatic heterocycles. The van der Waals surface area contributed by atoms with E-state index < -0.39 is 23.4 Å². The predicted molar refractivity (Wildman–Crippen MR) is 95.7 cm³/mol. The molecule has 0 radical (unpaired) electrons. The molecule has 140 valence electrons. The molecule has 1 unspecified atom stereocenters. The van der Waals surface area contributed by atoms with Gasteiger partial charge in [0.25, 0.3) is 0 Å². The Bertz CT molecular complexity index is 719. The van der Waals surface area contributed by atoms with Crippen molar-refractivity contribution in [3.63, 3.8) is 0 Å². The number of aliphatic hydroxyl groups is 1. The van der Waals surface area contributed by atoms with E-state index in [4.69, 9.17) is 0 Å². The van der Waals surface area contributed by atoms with E-state index in [0.717, 1.165) is 44.5 Å². The van der Waals surface area contributed by atoms with Gasteiger partial charge in [-0.1, -0.05) is 12.1 Å². The number of phenols is 3. The van der Waals surface area contributed by atoms with Crippen LogP contribution in [-0.2, 0) is 6.42 Å². The molecule has 3 rings (SSSR count). The highest BCUT2D eigenvalue weighted by atomic mass is 19.1. The van der Waals surface area contributed by atoms with Gasteiger partial charge in [0.2, 0.25) is 0 Å². The van der Waals surface area contributed by atoms with Gasteiger partial charge in [0.15, 0.2) is 17.2 Å². The second kappa shape index (κ2) is 7.93. The average molecular weight is 361 g/mol. The molecule has 0 bridgehead atoms. The summed E-state index contributed by atoms with van der Waals surface area (Å²) in [4.78, 5) is 2.32. The fourth-order valence-electron chi connectivity index (χ4n) is 3.50. The Balaban J connectivity index is 1.52. The van der Waals surface area contributed by atoms with Crippen LogP contribution in [0, 0.1) is 11.7 Å². The molecule has 0 aromatic heterocycles. The molecule has 6 heteroatoms. The Labute approximate surface area is 152 Å². The maximum atomic E-state index is 12.9. The summed E-state index contributed by atoms with van der Waals surface area (Å²) in [5.41, 5.74) is 1.51. The molecule has 2 aromatic rings. The lowest BCUT2D eigenvalue weighted by Crippen LogP contribution is -2.36. The minimum absolute atomic E-state index is 0.0282. The van der Waals surface area contributed by atoms with Crippen LogP contribution in [0.1, 0.15) is 30.1 Å². The van der Waals surface area contributed by atoms with Crippen LogP contribution in [0.5, 0.6) is 17.2 Å². The predicted octanol–water partition coefficient (Wildman–Crippen LogP) is 2.93. The molecule has 0 aliphatic carbocycles. The zero-order valence-electron chi connectivity index (χ0n) is 14.5. The summed E-state index contributed by atoms with van der Waals surface area (Å²) in [5, 5.41) is 39.2. The first kappa shape index (κ1) is 18.5. The van der Waals surface area contributed by atoms with Gasteiger partial charge in [-0.3, -0.25) is 0 Å². The molecule has 1 fully saturated rings. The molecule has 0 spiro atoms. The maximum Gasteiger partial charge on any atom is 0.200 e. The van der Waals surface area contributed by atoms with Gasteiger partial charge in [-0.25, -0.2) is 4.39 Å². The third-order valence-corrected chi connectivity index (χ3v) is 5.14. The molecule has 0 amide bonds. The first-order valence-electron chi connectivity index (χ1n) is 8.83. The van der Waals surface area contributed by atoms with Gasteiger partial charge in [0, 0.05) is 6.54 Å². The van der Waals surface area contributed by atoms with Gasteiger partial charge in [-0.2, -0.15) is 0 Å². The fourth-order valence-corrected chi connectivity index (χ4v) is 3.50. The molecule has 1 atom stereocenters. The van der Waals surface area contributed by atoms with Gasteiger partial charge < -0.3 is 25.3 Å². The maximum absolute atomic E-state index is 12.9.